The fourth-order valence-electron chi connectivity index (χ4n) is 1.91. The molecule has 1 aromatic carbocycles. The number of nitrogens with one attached hydrogen (secondary N) is 2. The summed E-state index contributed by atoms with van der Waals surface area (Å²) in [4.78, 5) is 11.8. The van der Waals surface area contributed by atoms with Crippen LogP contribution in [0.1, 0.15) is 12.0 Å². The highest BCUT2D eigenvalue weighted by atomic mass is 32.2. The van der Waals surface area contributed by atoms with Gasteiger partial charge in [0.05, 0.1) is 5.69 Å². The molecule has 1 aliphatic heterocycles. The summed E-state index contributed by atoms with van der Waals surface area (Å²) >= 11 is 1.84. The zero-order valence-corrected chi connectivity index (χ0v) is 11.1. The lowest BCUT2D eigenvalue weighted by Gasteiger charge is -2.22. The van der Waals surface area contributed by atoms with Crippen molar-refractivity contribution in [2.75, 3.05) is 23.4 Å². The number of aryl methyl sites for hydroxylation is 1. The molecule has 98 valence electrons. The van der Waals surface area contributed by atoms with E-state index in [4.69, 9.17) is 0 Å². The van der Waals surface area contributed by atoms with E-state index >= 15 is 0 Å². The molecule has 5 heteroatoms. The van der Waals surface area contributed by atoms with E-state index in [-0.39, 0.29) is 23.5 Å². The van der Waals surface area contributed by atoms with Crippen LogP contribution < -0.4 is 10.6 Å². The topological polar surface area (TPSA) is 41.1 Å². The molecule has 0 radical (unpaired) electrons. The number of anilines is 1. The van der Waals surface area contributed by atoms with Crippen LogP contribution >= 0.6 is 11.8 Å². The molecule has 2 N–H and O–H groups in total. The summed E-state index contributed by atoms with van der Waals surface area (Å²) in [7, 11) is 0. The average molecular weight is 268 g/mol. The van der Waals surface area contributed by atoms with Crippen LogP contribution in [0.4, 0.5) is 10.1 Å². The van der Waals surface area contributed by atoms with Crippen molar-refractivity contribution in [2.24, 2.45) is 0 Å². The van der Waals surface area contributed by atoms with Crippen LogP contribution in [0, 0.1) is 12.7 Å². The molecular formula is C13H17FN2OS. The Labute approximate surface area is 111 Å². The third-order valence-corrected chi connectivity index (χ3v) is 3.96. The average Bonchev–Trinajstić information content (AvgIpc) is 2.35. The van der Waals surface area contributed by atoms with E-state index in [1.54, 1.807) is 12.1 Å². The summed E-state index contributed by atoms with van der Waals surface area (Å²) in [6, 6.07) is 4.90. The maximum Gasteiger partial charge on any atom is 0.226 e. The van der Waals surface area contributed by atoms with Gasteiger partial charge in [-0.2, -0.15) is 11.8 Å². The van der Waals surface area contributed by atoms with E-state index in [1.807, 2.05) is 18.7 Å². The van der Waals surface area contributed by atoms with Gasteiger partial charge in [0, 0.05) is 30.5 Å². The second kappa shape index (κ2) is 6.20. The number of rotatable bonds is 3. The Morgan fingerprint density at radius 1 is 1.61 bits per heavy atom. The highest BCUT2D eigenvalue weighted by molar-refractivity contribution is 7.99. The number of amides is 1. The molecule has 1 aromatic rings. The van der Waals surface area contributed by atoms with Crippen LogP contribution in [0.25, 0.3) is 0 Å². The molecule has 1 aliphatic rings. The van der Waals surface area contributed by atoms with Gasteiger partial charge in [-0.05, 0) is 24.6 Å². The molecule has 0 bridgehead atoms. The summed E-state index contributed by atoms with van der Waals surface area (Å²) in [5.74, 6) is 1.49. The van der Waals surface area contributed by atoms with Crippen molar-refractivity contribution in [3.63, 3.8) is 0 Å². The lowest BCUT2D eigenvalue weighted by atomic mass is 10.2. The SMILES string of the molecule is Cc1ccc(F)c(NC(=O)CC2CSCCN2)c1. The van der Waals surface area contributed by atoms with E-state index in [9.17, 15) is 9.18 Å². The number of halogens is 1. The molecule has 1 amide bonds. The van der Waals surface area contributed by atoms with Gasteiger partial charge in [0.25, 0.3) is 0 Å². The minimum absolute atomic E-state index is 0.139. The molecule has 2 rings (SSSR count). The van der Waals surface area contributed by atoms with Crippen LogP contribution in [0.15, 0.2) is 18.2 Å². The first-order chi connectivity index (χ1) is 8.65. The Hall–Kier alpha value is -1.07. The van der Waals surface area contributed by atoms with Crippen molar-refractivity contribution >= 4 is 23.4 Å². The molecule has 18 heavy (non-hydrogen) atoms. The third-order valence-electron chi connectivity index (χ3n) is 2.83. The second-order valence-corrected chi connectivity index (χ2v) is 5.61. The maximum absolute atomic E-state index is 13.5. The Morgan fingerprint density at radius 2 is 2.44 bits per heavy atom. The molecule has 0 aromatic heterocycles. The van der Waals surface area contributed by atoms with Crippen molar-refractivity contribution in [3.05, 3.63) is 29.6 Å². The van der Waals surface area contributed by atoms with Gasteiger partial charge in [-0.15, -0.1) is 0 Å². The largest absolute Gasteiger partial charge is 0.324 e. The normalized spacial score (nSPS) is 19.6. The highest BCUT2D eigenvalue weighted by Crippen LogP contribution is 2.17. The standard InChI is InChI=1S/C13H17FN2OS/c1-9-2-3-11(14)12(6-9)16-13(17)7-10-8-18-5-4-15-10/h2-3,6,10,15H,4-5,7-8H2,1H3,(H,16,17). The van der Waals surface area contributed by atoms with Gasteiger partial charge < -0.3 is 10.6 Å². The molecule has 1 fully saturated rings. The smallest absolute Gasteiger partial charge is 0.226 e. The number of thioether (sulfide) groups is 1. The summed E-state index contributed by atoms with van der Waals surface area (Å²) in [6.07, 6.45) is 0.389. The maximum atomic E-state index is 13.5. The molecule has 0 spiro atoms. The molecule has 0 saturated carbocycles. The summed E-state index contributed by atoms with van der Waals surface area (Å²) in [5, 5.41) is 5.92. The lowest BCUT2D eigenvalue weighted by Crippen LogP contribution is -2.39. The van der Waals surface area contributed by atoms with E-state index in [0.717, 1.165) is 23.6 Å². The van der Waals surface area contributed by atoms with Gasteiger partial charge in [-0.25, -0.2) is 4.39 Å². The number of hydrogen-bond donors (Lipinski definition) is 2. The summed E-state index contributed by atoms with van der Waals surface area (Å²) < 4.78 is 13.5. The van der Waals surface area contributed by atoms with Crippen molar-refractivity contribution in [1.82, 2.24) is 5.32 Å². The minimum Gasteiger partial charge on any atom is -0.324 e. The predicted octanol–water partition coefficient (Wildman–Crippen LogP) is 2.17. The van der Waals surface area contributed by atoms with Crippen LogP contribution in [0.2, 0.25) is 0 Å². The van der Waals surface area contributed by atoms with E-state index < -0.39 is 0 Å². The number of hydrogen-bond acceptors (Lipinski definition) is 3. The van der Waals surface area contributed by atoms with Gasteiger partial charge in [0.1, 0.15) is 5.82 Å². The molecule has 0 aliphatic carbocycles. The molecular weight excluding hydrogens is 251 g/mol. The Kier molecular flexibility index (Phi) is 4.60. The van der Waals surface area contributed by atoms with Gasteiger partial charge in [0.15, 0.2) is 0 Å². The van der Waals surface area contributed by atoms with Gasteiger partial charge in [-0.3, -0.25) is 4.79 Å². The van der Waals surface area contributed by atoms with Crippen LogP contribution in [0.5, 0.6) is 0 Å². The van der Waals surface area contributed by atoms with Crippen molar-refractivity contribution in [3.8, 4) is 0 Å². The Morgan fingerprint density at radius 3 is 3.17 bits per heavy atom. The Bertz CT molecular complexity index is 433. The fraction of sp³-hybridized carbons (Fsp3) is 0.462. The van der Waals surface area contributed by atoms with E-state index in [0.29, 0.717) is 6.42 Å². The molecule has 1 atom stereocenters. The highest BCUT2D eigenvalue weighted by Gasteiger charge is 2.17. The second-order valence-electron chi connectivity index (χ2n) is 4.46. The van der Waals surface area contributed by atoms with Crippen LogP contribution in [-0.2, 0) is 4.79 Å². The van der Waals surface area contributed by atoms with E-state index in [2.05, 4.69) is 10.6 Å². The minimum atomic E-state index is -0.389. The third kappa shape index (κ3) is 3.71. The zero-order valence-electron chi connectivity index (χ0n) is 10.3. The van der Waals surface area contributed by atoms with E-state index in [1.165, 1.54) is 6.07 Å². The summed E-state index contributed by atoms with van der Waals surface area (Å²) in [5.41, 5.74) is 1.20. The molecule has 3 nitrogen and oxygen atoms in total. The van der Waals surface area contributed by atoms with Gasteiger partial charge in [-0.1, -0.05) is 6.07 Å². The Balaban J connectivity index is 1.92. The zero-order chi connectivity index (χ0) is 13.0. The van der Waals surface area contributed by atoms with Crippen molar-refractivity contribution in [2.45, 2.75) is 19.4 Å². The van der Waals surface area contributed by atoms with Crippen LogP contribution in [-0.4, -0.2) is 30.0 Å². The molecule has 1 heterocycles. The first-order valence-electron chi connectivity index (χ1n) is 6.02. The molecule has 1 unspecified atom stereocenters. The number of carbonyl (C=O) groups excluding carboxylic acids is 1. The first kappa shape index (κ1) is 13.4. The first-order valence-corrected chi connectivity index (χ1v) is 7.18. The quantitative estimate of drug-likeness (QED) is 0.882. The lowest BCUT2D eigenvalue weighted by molar-refractivity contribution is -0.116. The summed E-state index contributed by atoms with van der Waals surface area (Å²) in [6.45, 7) is 2.80. The van der Waals surface area contributed by atoms with Gasteiger partial charge >= 0.3 is 0 Å². The fourth-order valence-corrected chi connectivity index (χ4v) is 2.86. The van der Waals surface area contributed by atoms with Gasteiger partial charge in [0.2, 0.25) is 5.91 Å². The predicted molar refractivity (Wildman–Crippen MR) is 73.5 cm³/mol. The van der Waals surface area contributed by atoms with Crippen molar-refractivity contribution in [1.29, 1.82) is 0 Å². The number of benzene rings is 1. The van der Waals surface area contributed by atoms with Crippen LogP contribution in [0.3, 0.4) is 0 Å². The number of carbonyl (C=O) groups is 1. The monoisotopic (exact) mass is 268 g/mol. The van der Waals surface area contributed by atoms with Crippen molar-refractivity contribution < 1.29 is 9.18 Å². The molecule has 1 saturated heterocycles.